The molecule has 5 heteroatoms. The highest BCUT2D eigenvalue weighted by molar-refractivity contribution is 5.59. The lowest BCUT2D eigenvalue weighted by Crippen LogP contribution is -1.99. The third kappa shape index (κ3) is 1.74. The number of nitro benzene ring substituents is 1. The molecule has 78 valence electrons. The Morgan fingerprint density at radius 2 is 2.07 bits per heavy atom. The molecular weight excluding hydrogens is 196 g/mol. The maximum atomic E-state index is 10.7. The molecule has 1 aromatic carbocycles. The lowest BCUT2D eigenvalue weighted by atomic mass is 10.0. The van der Waals surface area contributed by atoms with Gasteiger partial charge in [-0.05, 0) is 13.8 Å². The van der Waals surface area contributed by atoms with Gasteiger partial charge in [0, 0.05) is 17.2 Å². The summed E-state index contributed by atoms with van der Waals surface area (Å²) in [5.41, 5.74) is 1.29. The van der Waals surface area contributed by atoms with E-state index in [4.69, 9.17) is 10.00 Å². The fraction of sp³-hybridized carbons (Fsp3) is 0.300. The van der Waals surface area contributed by atoms with Crippen molar-refractivity contribution in [2.45, 2.75) is 13.8 Å². The summed E-state index contributed by atoms with van der Waals surface area (Å²) in [7, 11) is 1.44. The fourth-order valence-corrected chi connectivity index (χ4v) is 1.41. The predicted octanol–water partition coefficient (Wildman–Crippen LogP) is 2.09. The number of methoxy groups -OCH3 is 1. The van der Waals surface area contributed by atoms with E-state index in [0.717, 1.165) is 0 Å². The Hall–Kier alpha value is -2.09. The minimum absolute atomic E-state index is 0.0511. The van der Waals surface area contributed by atoms with Crippen molar-refractivity contribution in [3.63, 3.8) is 0 Å². The highest BCUT2D eigenvalue weighted by Gasteiger charge is 2.19. The molecule has 0 aromatic heterocycles. The Morgan fingerprint density at radius 3 is 2.47 bits per heavy atom. The molecule has 0 saturated carbocycles. The van der Waals surface area contributed by atoms with Crippen molar-refractivity contribution in [2.24, 2.45) is 0 Å². The van der Waals surface area contributed by atoms with Crippen LogP contribution in [0.2, 0.25) is 0 Å². The minimum Gasteiger partial charge on any atom is -0.495 e. The topological polar surface area (TPSA) is 76.2 Å². The highest BCUT2D eigenvalue weighted by Crippen LogP contribution is 2.32. The van der Waals surface area contributed by atoms with Crippen LogP contribution >= 0.6 is 0 Å². The van der Waals surface area contributed by atoms with Crippen LogP contribution in [0.4, 0.5) is 5.69 Å². The Balaban J connectivity index is 3.59. The second-order valence-electron chi connectivity index (χ2n) is 3.10. The van der Waals surface area contributed by atoms with Crippen molar-refractivity contribution in [3.05, 3.63) is 32.9 Å². The first-order valence-electron chi connectivity index (χ1n) is 4.25. The Morgan fingerprint density at radius 1 is 1.47 bits per heavy atom. The smallest absolute Gasteiger partial charge is 0.274 e. The molecule has 0 bridgehead atoms. The average Bonchev–Trinajstić information content (AvgIpc) is 2.21. The molecule has 15 heavy (non-hydrogen) atoms. The van der Waals surface area contributed by atoms with E-state index in [2.05, 4.69) is 0 Å². The van der Waals surface area contributed by atoms with Gasteiger partial charge < -0.3 is 4.74 Å². The normalized spacial score (nSPS) is 9.47. The number of ether oxygens (including phenoxy) is 1. The van der Waals surface area contributed by atoms with Crippen molar-refractivity contribution in [3.8, 4) is 11.8 Å². The van der Waals surface area contributed by atoms with Crippen molar-refractivity contribution >= 4 is 5.69 Å². The Kier molecular flexibility index (Phi) is 2.90. The molecule has 1 aromatic rings. The lowest BCUT2D eigenvalue weighted by Gasteiger charge is -2.09. The van der Waals surface area contributed by atoms with E-state index in [0.29, 0.717) is 16.9 Å². The predicted molar refractivity (Wildman–Crippen MR) is 53.8 cm³/mol. The van der Waals surface area contributed by atoms with Crippen LogP contribution in [-0.2, 0) is 0 Å². The first kappa shape index (κ1) is 11.0. The Bertz CT molecular complexity index is 461. The number of hydrogen-bond donors (Lipinski definition) is 0. The van der Waals surface area contributed by atoms with Gasteiger partial charge in [0.05, 0.1) is 12.0 Å². The molecule has 0 aliphatic heterocycles. The molecule has 5 nitrogen and oxygen atoms in total. The molecule has 1 rings (SSSR count). The van der Waals surface area contributed by atoms with Crippen LogP contribution in [0.15, 0.2) is 6.07 Å². The number of nitrogens with zero attached hydrogens (tertiary/aromatic N) is 2. The summed E-state index contributed by atoms with van der Waals surface area (Å²) in [6.45, 7) is 3.33. The van der Waals surface area contributed by atoms with E-state index in [1.54, 1.807) is 13.8 Å². The van der Waals surface area contributed by atoms with E-state index >= 15 is 0 Å². The molecule has 0 spiro atoms. The molecule has 0 radical (unpaired) electrons. The van der Waals surface area contributed by atoms with E-state index in [1.807, 2.05) is 6.07 Å². The number of nitriles is 1. The molecule has 0 aliphatic carbocycles. The van der Waals surface area contributed by atoms with Crippen LogP contribution in [0.5, 0.6) is 5.75 Å². The molecular formula is C10H10N2O3. The molecule has 0 aliphatic rings. The summed E-state index contributed by atoms with van der Waals surface area (Å²) in [5, 5.41) is 19.5. The van der Waals surface area contributed by atoms with Crippen LogP contribution in [-0.4, -0.2) is 12.0 Å². The van der Waals surface area contributed by atoms with Gasteiger partial charge in [-0.15, -0.1) is 0 Å². The van der Waals surface area contributed by atoms with Gasteiger partial charge in [-0.25, -0.2) is 0 Å². The fourth-order valence-electron chi connectivity index (χ4n) is 1.41. The number of benzene rings is 1. The van der Waals surface area contributed by atoms with Crippen LogP contribution in [0.3, 0.4) is 0 Å². The summed E-state index contributed by atoms with van der Waals surface area (Å²) in [4.78, 5) is 10.2. The summed E-state index contributed by atoms with van der Waals surface area (Å²) < 4.78 is 5.04. The monoisotopic (exact) mass is 206 g/mol. The molecule has 0 fully saturated rings. The Labute approximate surface area is 87.1 Å². The van der Waals surface area contributed by atoms with Crippen molar-refractivity contribution < 1.29 is 9.66 Å². The van der Waals surface area contributed by atoms with Crippen LogP contribution in [0.25, 0.3) is 0 Å². The zero-order valence-corrected chi connectivity index (χ0v) is 8.70. The number of rotatable bonds is 2. The summed E-state index contributed by atoms with van der Waals surface area (Å²) in [6.07, 6.45) is 0. The van der Waals surface area contributed by atoms with E-state index in [-0.39, 0.29) is 11.3 Å². The molecule has 0 N–H and O–H groups in total. The van der Waals surface area contributed by atoms with Gasteiger partial charge in [0.15, 0.2) is 0 Å². The van der Waals surface area contributed by atoms with Gasteiger partial charge in [0.25, 0.3) is 5.69 Å². The van der Waals surface area contributed by atoms with Crippen LogP contribution in [0.1, 0.15) is 16.7 Å². The van der Waals surface area contributed by atoms with Gasteiger partial charge in [-0.3, -0.25) is 10.1 Å². The summed E-state index contributed by atoms with van der Waals surface area (Å²) in [6, 6.07) is 3.12. The lowest BCUT2D eigenvalue weighted by molar-refractivity contribution is -0.385. The van der Waals surface area contributed by atoms with Crippen LogP contribution in [0, 0.1) is 35.3 Å². The summed E-state index contributed by atoms with van der Waals surface area (Å²) >= 11 is 0. The quantitative estimate of drug-likeness (QED) is 0.548. The van der Waals surface area contributed by atoms with Gasteiger partial charge in [-0.1, -0.05) is 0 Å². The van der Waals surface area contributed by atoms with E-state index in [1.165, 1.54) is 13.2 Å². The van der Waals surface area contributed by atoms with E-state index < -0.39 is 4.92 Å². The third-order valence-electron chi connectivity index (χ3n) is 2.33. The molecule has 0 saturated heterocycles. The molecule has 0 amide bonds. The molecule has 0 heterocycles. The van der Waals surface area contributed by atoms with E-state index in [9.17, 15) is 10.1 Å². The van der Waals surface area contributed by atoms with Gasteiger partial charge in [0.2, 0.25) is 0 Å². The van der Waals surface area contributed by atoms with Gasteiger partial charge in [-0.2, -0.15) is 5.26 Å². The first-order chi connectivity index (χ1) is 7.02. The minimum atomic E-state index is -0.497. The second-order valence-corrected chi connectivity index (χ2v) is 3.10. The first-order valence-corrected chi connectivity index (χ1v) is 4.25. The zero-order chi connectivity index (χ0) is 11.6. The van der Waals surface area contributed by atoms with Gasteiger partial charge >= 0.3 is 0 Å². The number of hydrogen-bond acceptors (Lipinski definition) is 4. The highest BCUT2D eigenvalue weighted by atomic mass is 16.6. The average molecular weight is 206 g/mol. The maximum Gasteiger partial charge on any atom is 0.274 e. The SMILES string of the molecule is COc1c(C#N)cc([N+](=O)[O-])c(C)c1C. The standard InChI is InChI=1S/C10H10N2O3/c1-6-7(2)10(15-3)8(5-11)4-9(6)12(13)14/h4H,1-3H3. The zero-order valence-electron chi connectivity index (χ0n) is 8.70. The van der Waals surface area contributed by atoms with Crippen LogP contribution < -0.4 is 4.74 Å². The second kappa shape index (κ2) is 3.96. The molecule has 0 unspecified atom stereocenters. The largest absolute Gasteiger partial charge is 0.495 e. The van der Waals surface area contributed by atoms with Crippen molar-refractivity contribution in [1.29, 1.82) is 5.26 Å². The summed E-state index contributed by atoms with van der Waals surface area (Å²) in [5.74, 6) is 0.403. The maximum absolute atomic E-state index is 10.7. The number of nitro groups is 1. The van der Waals surface area contributed by atoms with Gasteiger partial charge in [0.1, 0.15) is 17.4 Å². The molecule has 0 atom stereocenters. The van der Waals surface area contributed by atoms with Crippen molar-refractivity contribution in [1.82, 2.24) is 0 Å². The van der Waals surface area contributed by atoms with Crippen molar-refractivity contribution in [2.75, 3.05) is 7.11 Å². The third-order valence-corrected chi connectivity index (χ3v) is 2.33.